The Bertz CT molecular complexity index is 739. The predicted octanol–water partition coefficient (Wildman–Crippen LogP) is 3.66. The first-order valence-corrected chi connectivity index (χ1v) is 8.16. The van der Waals surface area contributed by atoms with Gasteiger partial charge in [0.1, 0.15) is 5.82 Å². The molecule has 0 saturated heterocycles. The summed E-state index contributed by atoms with van der Waals surface area (Å²) in [6.45, 7) is 5.93. The normalized spacial score (nSPS) is 11.4. The SMILES string of the molecule is CCN(c1ccc(C)cc1C)S(=O)(=O)c1ccc(F)cc1. The summed E-state index contributed by atoms with van der Waals surface area (Å²) in [4.78, 5) is 0.0886. The van der Waals surface area contributed by atoms with Gasteiger partial charge in [-0.2, -0.15) is 0 Å². The molecule has 0 fully saturated rings. The van der Waals surface area contributed by atoms with Crippen LogP contribution in [-0.4, -0.2) is 15.0 Å². The van der Waals surface area contributed by atoms with E-state index in [0.717, 1.165) is 23.3 Å². The van der Waals surface area contributed by atoms with E-state index in [1.807, 2.05) is 26.0 Å². The van der Waals surface area contributed by atoms with Gasteiger partial charge in [0, 0.05) is 6.54 Å². The number of nitrogens with zero attached hydrogens (tertiary/aromatic N) is 1. The van der Waals surface area contributed by atoms with Crippen LogP contribution in [0.15, 0.2) is 47.4 Å². The van der Waals surface area contributed by atoms with Gasteiger partial charge in [-0.1, -0.05) is 17.7 Å². The minimum atomic E-state index is -3.69. The predicted molar refractivity (Wildman–Crippen MR) is 82.5 cm³/mol. The highest BCUT2D eigenvalue weighted by atomic mass is 32.2. The average molecular weight is 307 g/mol. The Hall–Kier alpha value is -1.88. The van der Waals surface area contributed by atoms with E-state index in [-0.39, 0.29) is 4.90 Å². The zero-order chi connectivity index (χ0) is 15.6. The second-order valence-electron chi connectivity index (χ2n) is 4.91. The summed E-state index contributed by atoms with van der Waals surface area (Å²) in [5.41, 5.74) is 2.61. The molecule has 5 heteroatoms. The molecule has 0 saturated carbocycles. The van der Waals surface area contributed by atoms with Gasteiger partial charge in [-0.15, -0.1) is 0 Å². The summed E-state index contributed by atoms with van der Waals surface area (Å²) < 4.78 is 39.8. The summed E-state index contributed by atoms with van der Waals surface area (Å²) in [6, 6.07) is 10.5. The molecule has 0 aliphatic rings. The minimum Gasteiger partial charge on any atom is -0.266 e. The lowest BCUT2D eigenvalue weighted by Gasteiger charge is -2.24. The van der Waals surface area contributed by atoms with Crippen LogP contribution in [0.3, 0.4) is 0 Å². The van der Waals surface area contributed by atoms with Crippen molar-refractivity contribution in [2.75, 3.05) is 10.8 Å². The zero-order valence-electron chi connectivity index (χ0n) is 12.3. The molecular weight excluding hydrogens is 289 g/mol. The highest BCUT2D eigenvalue weighted by molar-refractivity contribution is 7.92. The van der Waals surface area contributed by atoms with Gasteiger partial charge < -0.3 is 0 Å². The van der Waals surface area contributed by atoms with Crippen molar-refractivity contribution in [3.63, 3.8) is 0 Å². The van der Waals surface area contributed by atoms with Crippen molar-refractivity contribution in [3.05, 3.63) is 59.4 Å². The Morgan fingerprint density at radius 3 is 2.19 bits per heavy atom. The van der Waals surface area contributed by atoms with Crippen LogP contribution < -0.4 is 4.31 Å². The van der Waals surface area contributed by atoms with Crippen molar-refractivity contribution in [2.45, 2.75) is 25.7 Å². The molecule has 0 aliphatic carbocycles. The summed E-state index contributed by atoms with van der Waals surface area (Å²) >= 11 is 0. The van der Waals surface area contributed by atoms with Crippen LogP contribution in [0.1, 0.15) is 18.1 Å². The van der Waals surface area contributed by atoms with Crippen LogP contribution in [0.25, 0.3) is 0 Å². The van der Waals surface area contributed by atoms with E-state index in [1.54, 1.807) is 13.0 Å². The maximum Gasteiger partial charge on any atom is 0.264 e. The molecule has 2 aromatic rings. The van der Waals surface area contributed by atoms with Crippen molar-refractivity contribution in [2.24, 2.45) is 0 Å². The Balaban J connectivity index is 2.51. The molecule has 0 spiro atoms. The van der Waals surface area contributed by atoms with E-state index in [2.05, 4.69) is 0 Å². The number of hydrogen-bond donors (Lipinski definition) is 0. The lowest BCUT2D eigenvalue weighted by molar-refractivity contribution is 0.590. The fourth-order valence-corrected chi connectivity index (χ4v) is 3.83. The van der Waals surface area contributed by atoms with Crippen LogP contribution in [0.4, 0.5) is 10.1 Å². The quantitative estimate of drug-likeness (QED) is 0.864. The summed E-state index contributed by atoms with van der Waals surface area (Å²) in [7, 11) is -3.69. The molecule has 0 atom stereocenters. The van der Waals surface area contributed by atoms with Gasteiger partial charge in [-0.05, 0) is 56.7 Å². The third-order valence-corrected chi connectivity index (χ3v) is 5.21. The van der Waals surface area contributed by atoms with Gasteiger partial charge in [0.05, 0.1) is 10.6 Å². The van der Waals surface area contributed by atoms with Crippen molar-refractivity contribution >= 4 is 15.7 Å². The highest BCUT2D eigenvalue weighted by Gasteiger charge is 2.24. The molecule has 0 aromatic heterocycles. The maximum atomic E-state index is 13.0. The molecule has 21 heavy (non-hydrogen) atoms. The first kappa shape index (κ1) is 15.5. The van der Waals surface area contributed by atoms with Crippen molar-refractivity contribution < 1.29 is 12.8 Å². The van der Waals surface area contributed by atoms with Gasteiger partial charge in [0.15, 0.2) is 0 Å². The van der Waals surface area contributed by atoms with Gasteiger partial charge in [0.2, 0.25) is 0 Å². The Morgan fingerprint density at radius 2 is 1.67 bits per heavy atom. The molecule has 112 valence electrons. The fourth-order valence-electron chi connectivity index (χ4n) is 2.29. The lowest BCUT2D eigenvalue weighted by atomic mass is 10.1. The van der Waals surface area contributed by atoms with Gasteiger partial charge in [-0.25, -0.2) is 12.8 Å². The average Bonchev–Trinajstić information content (AvgIpc) is 2.42. The van der Waals surface area contributed by atoms with Crippen LogP contribution in [0.2, 0.25) is 0 Å². The minimum absolute atomic E-state index is 0.0886. The largest absolute Gasteiger partial charge is 0.266 e. The van der Waals surface area contributed by atoms with Crippen LogP contribution in [-0.2, 0) is 10.0 Å². The number of halogens is 1. The van der Waals surface area contributed by atoms with E-state index < -0.39 is 15.8 Å². The molecule has 0 bridgehead atoms. The maximum absolute atomic E-state index is 13.0. The van der Waals surface area contributed by atoms with E-state index in [9.17, 15) is 12.8 Å². The fraction of sp³-hybridized carbons (Fsp3) is 0.250. The second kappa shape index (κ2) is 5.85. The third-order valence-electron chi connectivity index (χ3n) is 3.31. The first-order chi connectivity index (χ1) is 9.86. The van der Waals surface area contributed by atoms with Crippen molar-refractivity contribution in [1.29, 1.82) is 0 Å². The molecule has 0 amide bonds. The monoisotopic (exact) mass is 307 g/mol. The smallest absolute Gasteiger partial charge is 0.264 e. The van der Waals surface area contributed by atoms with Crippen LogP contribution >= 0.6 is 0 Å². The Labute approximate surface area is 125 Å². The van der Waals surface area contributed by atoms with E-state index in [0.29, 0.717) is 12.2 Å². The number of aryl methyl sites for hydroxylation is 2. The molecule has 0 aliphatic heterocycles. The molecular formula is C16H18FNO2S. The molecule has 3 nitrogen and oxygen atoms in total. The zero-order valence-corrected chi connectivity index (χ0v) is 13.1. The molecule has 0 heterocycles. The third kappa shape index (κ3) is 3.08. The number of sulfonamides is 1. The second-order valence-corrected chi connectivity index (χ2v) is 6.78. The van der Waals surface area contributed by atoms with E-state index >= 15 is 0 Å². The van der Waals surface area contributed by atoms with Gasteiger partial charge >= 0.3 is 0 Å². The molecule has 2 aromatic carbocycles. The number of hydrogen-bond acceptors (Lipinski definition) is 2. The topological polar surface area (TPSA) is 37.4 Å². The molecule has 0 N–H and O–H groups in total. The standard InChI is InChI=1S/C16H18FNO2S/c1-4-18(16-10-5-12(2)11-13(16)3)21(19,20)15-8-6-14(17)7-9-15/h5-11H,4H2,1-3H3. The number of rotatable bonds is 4. The van der Waals surface area contributed by atoms with Crippen LogP contribution in [0, 0.1) is 19.7 Å². The van der Waals surface area contributed by atoms with E-state index in [1.165, 1.54) is 16.4 Å². The van der Waals surface area contributed by atoms with Gasteiger partial charge in [0.25, 0.3) is 10.0 Å². The number of benzene rings is 2. The summed E-state index contributed by atoms with van der Waals surface area (Å²) in [6.07, 6.45) is 0. The van der Waals surface area contributed by atoms with Gasteiger partial charge in [-0.3, -0.25) is 4.31 Å². The van der Waals surface area contributed by atoms with Crippen molar-refractivity contribution in [3.8, 4) is 0 Å². The molecule has 0 radical (unpaired) electrons. The van der Waals surface area contributed by atoms with Crippen LogP contribution in [0.5, 0.6) is 0 Å². The molecule has 0 unspecified atom stereocenters. The lowest BCUT2D eigenvalue weighted by Crippen LogP contribution is -2.31. The molecule has 2 rings (SSSR count). The Kier molecular flexibility index (Phi) is 4.32. The van der Waals surface area contributed by atoms with E-state index in [4.69, 9.17) is 0 Å². The van der Waals surface area contributed by atoms with Crippen molar-refractivity contribution in [1.82, 2.24) is 0 Å². The first-order valence-electron chi connectivity index (χ1n) is 6.72. The highest BCUT2D eigenvalue weighted by Crippen LogP contribution is 2.27. The number of anilines is 1. The summed E-state index contributed by atoms with van der Waals surface area (Å²) in [5.74, 6) is -0.455. The Morgan fingerprint density at radius 1 is 1.05 bits per heavy atom. The summed E-state index contributed by atoms with van der Waals surface area (Å²) in [5, 5.41) is 0.